The summed E-state index contributed by atoms with van der Waals surface area (Å²) >= 11 is 6.45. The van der Waals surface area contributed by atoms with Crippen molar-refractivity contribution < 1.29 is 4.39 Å². The van der Waals surface area contributed by atoms with Crippen LogP contribution in [0, 0.1) is 12.3 Å². The Morgan fingerprint density at radius 3 is 2.20 bits per heavy atom. The van der Waals surface area contributed by atoms with Crippen LogP contribution >= 0.6 is 56.5 Å². The van der Waals surface area contributed by atoms with Crippen LogP contribution in [0.3, 0.4) is 0 Å². The summed E-state index contributed by atoms with van der Waals surface area (Å²) in [6.45, 7) is 0. The lowest BCUT2D eigenvalue weighted by Gasteiger charge is -2.05. The number of benzene rings is 1. The van der Waals surface area contributed by atoms with Crippen LogP contribution in [-0.2, 0) is 0 Å². The molecule has 0 bridgehead atoms. The quantitative estimate of drug-likeness (QED) is 0.399. The summed E-state index contributed by atoms with van der Waals surface area (Å²) in [5, 5.41) is 0. The molecule has 1 nitrogen and oxygen atoms in total. The normalized spacial score (nSPS) is 10.8. The largest absolute Gasteiger partial charge is 0.265 e. The summed E-state index contributed by atoms with van der Waals surface area (Å²) in [7, 11) is 0. The highest BCUT2D eigenvalue weighted by Crippen LogP contribution is 2.44. The highest BCUT2D eigenvalue weighted by molar-refractivity contribution is 14.1. The lowest BCUT2D eigenvalue weighted by atomic mass is 10.0. The van der Waals surface area contributed by atoms with Gasteiger partial charge in [0.2, 0.25) is 0 Å². The smallest absolute Gasteiger partial charge is 0.123 e. The standard InChI is InChI=1S/C15H8FI2NS/c16-11-3-1-10(2-4-11)14-12(13(17)15(18)20-14)9-5-7-19-8-6-9/h1-8H. The van der Waals surface area contributed by atoms with E-state index in [0.29, 0.717) is 0 Å². The molecule has 100 valence electrons. The average molecular weight is 507 g/mol. The molecule has 0 saturated carbocycles. The lowest BCUT2D eigenvalue weighted by molar-refractivity contribution is 0.628. The molecular weight excluding hydrogens is 499 g/mol. The zero-order valence-electron chi connectivity index (χ0n) is 10.1. The summed E-state index contributed by atoms with van der Waals surface area (Å²) in [5.74, 6) is -0.208. The Labute approximate surface area is 147 Å². The second kappa shape index (κ2) is 6.07. The van der Waals surface area contributed by atoms with Crippen molar-refractivity contribution in [2.75, 3.05) is 0 Å². The van der Waals surface area contributed by atoms with Gasteiger partial charge in [-0.25, -0.2) is 4.39 Å². The summed E-state index contributed by atoms with van der Waals surface area (Å²) in [6.07, 6.45) is 3.59. The molecule has 0 atom stereocenters. The molecule has 0 fully saturated rings. The monoisotopic (exact) mass is 507 g/mol. The first kappa shape index (κ1) is 14.4. The van der Waals surface area contributed by atoms with E-state index in [1.807, 2.05) is 24.3 Å². The van der Waals surface area contributed by atoms with Crippen LogP contribution in [0.15, 0.2) is 48.8 Å². The average Bonchev–Trinajstić information content (AvgIpc) is 2.77. The number of rotatable bonds is 2. The molecule has 0 saturated heterocycles. The van der Waals surface area contributed by atoms with Crippen molar-refractivity contribution in [1.29, 1.82) is 0 Å². The van der Waals surface area contributed by atoms with Gasteiger partial charge in [-0.1, -0.05) is 12.1 Å². The van der Waals surface area contributed by atoms with Gasteiger partial charge in [-0.15, -0.1) is 11.3 Å². The summed E-state index contributed by atoms with van der Waals surface area (Å²) < 4.78 is 15.6. The number of thiophene rings is 1. The van der Waals surface area contributed by atoms with Crippen molar-refractivity contribution in [3.8, 4) is 21.6 Å². The fourth-order valence-corrected chi connectivity index (χ4v) is 4.94. The molecule has 0 aliphatic heterocycles. The summed E-state index contributed by atoms with van der Waals surface area (Å²) in [5.41, 5.74) is 3.39. The van der Waals surface area contributed by atoms with Crippen LogP contribution in [0.5, 0.6) is 0 Å². The zero-order valence-corrected chi connectivity index (χ0v) is 15.2. The molecule has 5 heteroatoms. The molecule has 1 aromatic carbocycles. The maximum Gasteiger partial charge on any atom is 0.123 e. The van der Waals surface area contributed by atoms with Gasteiger partial charge in [-0.05, 0) is 80.6 Å². The lowest BCUT2D eigenvalue weighted by Crippen LogP contribution is -1.83. The molecule has 0 amide bonds. The SMILES string of the molecule is Fc1ccc(-c2sc(I)c(I)c2-c2ccncc2)cc1. The third kappa shape index (κ3) is 2.75. The Balaban J connectivity index is 2.22. The van der Waals surface area contributed by atoms with Gasteiger partial charge >= 0.3 is 0 Å². The minimum atomic E-state index is -0.208. The second-order valence-corrected chi connectivity index (χ2v) is 8.05. The van der Waals surface area contributed by atoms with Gasteiger partial charge in [0, 0.05) is 26.4 Å². The van der Waals surface area contributed by atoms with Crippen molar-refractivity contribution in [1.82, 2.24) is 4.98 Å². The van der Waals surface area contributed by atoms with E-state index in [0.717, 1.165) is 11.1 Å². The minimum absolute atomic E-state index is 0.208. The van der Waals surface area contributed by atoms with Crippen molar-refractivity contribution >= 4 is 56.5 Å². The van der Waals surface area contributed by atoms with Gasteiger partial charge in [-0.2, -0.15) is 0 Å². The maximum atomic E-state index is 13.1. The molecule has 3 aromatic rings. The first-order chi connectivity index (χ1) is 9.66. The Morgan fingerprint density at radius 2 is 1.55 bits per heavy atom. The van der Waals surface area contributed by atoms with Crippen LogP contribution in [-0.4, -0.2) is 4.98 Å². The molecule has 0 radical (unpaired) electrons. The summed E-state index contributed by atoms with van der Waals surface area (Å²) in [6, 6.07) is 10.7. The molecule has 3 rings (SSSR count). The molecular formula is C15H8FI2NS. The van der Waals surface area contributed by atoms with Crippen molar-refractivity contribution in [2.45, 2.75) is 0 Å². The van der Waals surface area contributed by atoms with E-state index in [2.05, 4.69) is 50.2 Å². The van der Waals surface area contributed by atoms with Crippen molar-refractivity contribution in [2.24, 2.45) is 0 Å². The summed E-state index contributed by atoms with van der Waals surface area (Å²) in [4.78, 5) is 5.24. The molecule has 0 unspecified atom stereocenters. The molecule has 0 spiro atoms. The van der Waals surface area contributed by atoms with Gasteiger partial charge in [0.25, 0.3) is 0 Å². The van der Waals surface area contributed by atoms with Crippen molar-refractivity contribution in [3.63, 3.8) is 0 Å². The molecule has 2 heterocycles. The Hall–Kier alpha value is -0.540. The number of halogens is 3. The number of hydrogen-bond donors (Lipinski definition) is 0. The molecule has 2 aromatic heterocycles. The predicted molar refractivity (Wildman–Crippen MR) is 98.4 cm³/mol. The van der Waals surface area contributed by atoms with Gasteiger partial charge in [-0.3, -0.25) is 4.98 Å². The Bertz CT molecular complexity index is 739. The number of hydrogen-bond acceptors (Lipinski definition) is 2. The van der Waals surface area contributed by atoms with E-state index in [1.165, 1.54) is 29.0 Å². The van der Waals surface area contributed by atoms with Gasteiger partial charge < -0.3 is 0 Å². The van der Waals surface area contributed by atoms with Gasteiger partial charge in [0.15, 0.2) is 0 Å². The van der Waals surface area contributed by atoms with Crippen molar-refractivity contribution in [3.05, 3.63) is 61.1 Å². The van der Waals surface area contributed by atoms with Crippen LogP contribution in [0.1, 0.15) is 0 Å². The number of pyridine rings is 1. The zero-order chi connectivity index (χ0) is 14.1. The van der Waals surface area contributed by atoms with Crippen LogP contribution < -0.4 is 0 Å². The maximum absolute atomic E-state index is 13.1. The Kier molecular flexibility index (Phi) is 4.37. The van der Waals surface area contributed by atoms with E-state index in [-0.39, 0.29) is 5.82 Å². The second-order valence-electron chi connectivity index (χ2n) is 4.14. The molecule has 0 aliphatic rings. The topological polar surface area (TPSA) is 12.9 Å². The van der Waals surface area contributed by atoms with Gasteiger partial charge in [0.1, 0.15) is 5.82 Å². The molecule has 20 heavy (non-hydrogen) atoms. The third-order valence-electron chi connectivity index (χ3n) is 2.89. The van der Waals surface area contributed by atoms with Crippen LogP contribution in [0.2, 0.25) is 0 Å². The van der Waals surface area contributed by atoms with E-state index in [4.69, 9.17) is 0 Å². The van der Waals surface area contributed by atoms with Gasteiger partial charge in [0.05, 0.1) is 2.88 Å². The van der Waals surface area contributed by atoms with Crippen LogP contribution in [0.25, 0.3) is 21.6 Å². The Morgan fingerprint density at radius 1 is 0.900 bits per heavy atom. The highest BCUT2D eigenvalue weighted by Gasteiger charge is 2.17. The van der Waals surface area contributed by atoms with E-state index >= 15 is 0 Å². The van der Waals surface area contributed by atoms with E-state index in [9.17, 15) is 4.39 Å². The molecule has 0 aliphatic carbocycles. The first-order valence-corrected chi connectivity index (χ1v) is 8.78. The fourth-order valence-electron chi connectivity index (χ4n) is 1.96. The van der Waals surface area contributed by atoms with Crippen LogP contribution in [0.4, 0.5) is 4.39 Å². The first-order valence-electron chi connectivity index (χ1n) is 5.81. The predicted octanol–water partition coefficient (Wildman–Crippen LogP) is 5.83. The fraction of sp³-hybridized carbons (Fsp3) is 0. The van der Waals surface area contributed by atoms with E-state index in [1.54, 1.807) is 23.7 Å². The molecule has 0 N–H and O–H groups in total. The minimum Gasteiger partial charge on any atom is -0.265 e. The highest BCUT2D eigenvalue weighted by atomic mass is 127. The number of aromatic nitrogens is 1. The van der Waals surface area contributed by atoms with E-state index < -0.39 is 0 Å². The number of nitrogens with zero attached hydrogens (tertiary/aromatic N) is 1. The third-order valence-corrected chi connectivity index (χ3v) is 7.59.